The second-order valence-corrected chi connectivity index (χ2v) is 3.94. The molecule has 0 saturated heterocycles. The second kappa shape index (κ2) is 4.01. The van der Waals surface area contributed by atoms with Crippen LogP contribution in [0.5, 0.6) is 5.75 Å². The molecule has 1 aromatic carbocycles. The zero-order valence-electron chi connectivity index (χ0n) is 8.52. The molecule has 0 fully saturated rings. The molecule has 0 radical (unpaired) electrons. The average molecular weight is 199 g/mol. The molecule has 0 N–H and O–H groups in total. The van der Waals surface area contributed by atoms with Crippen molar-refractivity contribution < 1.29 is 4.74 Å². The molecule has 0 amide bonds. The third-order valence-corrected chi connectivity index (χ3v) is 2.31. The second-order valence-electron chi connectivity index (χ2n) is 3.50. The Morgan fingerprint density at radius 2 is 1.92 bits per heavy atom. The van der Waals surface area contributed by atoms with Gasteiger partial charge >= 0.3 is 0 Å². The number of hydrogen-bond acceptors (Lipinski definition) is 1. The van der Waals surface area contributed by atoms with E-state index >= 15 is 0 Å². The summed E-state index contributed by atoms with van der Waals surface area (Å²) in [6.07, 6.45) is 0. The molecule has 2 heteroatoms. The van der Waals surface area contributed by atoms with Crippen molar-refractivity contribution in [2.45, 2.75) is 26.7 Å². The Morgan fingerprint density at radius 3 is 2.38 bits per heavy atom. The third kappa shape index (κ3) is 2.16. The Morgan fingerprint density at radius 1 is 1.31 bits per heavy atom. The van der Waals surface area contributed by atoms with Crippen molar-refractivity contribution in [3.05, 3.63) is 28.3 Å². The predicted molar refractivity (Wildman–Crippen MR) is 56.8 cm³/mol. The van der Waals surface area contributed by atoms with Crippen LogP contribution >= 0.6 is 11.6 Å². The normalized spacial score (nSPS) is 10.6. The summed E-state index contributed by atoms with van der Waals surface area (Å²) in [5.41, 5.74) is 2.27. The first-order chi connectivity index (χ1) is 6.06. The van der Waals surface area contributed by atoms with E-state index in [2.05, 4.69) is 13.8 Å². The molecule has 1 rings (SSSR count). The van der Waals surface area contributed by atoms with E-state index < -0.39 is 0 Å². The summed E-state index contributed by atoms with van der Waals surface area (Å²) in [7, 11) is 1.70. The average Bonchev–Trinajstić information content (AvgIpc) is 2.02. The number of halogens is 1. The quantitative estimate of drug-likeness (QED) is 0.703. The fourth-order valence-corrected chi connectivity index (χ4v) is 1.74. The highest BCUT2D eigenvalue weighted by Gasteiger charge is 2.10. The Kier molecular flexibility index (Phi) is 3.21. The van der Waals surface area contributed by atoms with Crippen LogP contribution in [0.4, 0.5) is 0 Å². The zero-order chi connectivity index (χ0) is 10.0. The van der Waals surface area contributed by atoms with Gasteiger partial charge < -0.3 is 4.74 Å². The van der Waals surface area contributed by atoms with Crippen LogP contribution in [0.25, 0.3) is 0 Å². The molecular formula is C11H15ClO. The van der Waals surface area contributed by atoms with E-state index in [9.17, 15) is 0 Å². The van der Waals surface area contributed by atoms with Gasteiger partial charge in [0.25, 0.3) is 0 Å². The Labute approximate surface area is 84.7 Å². The number of hydrogen-bond donors (Lipinski definition) is 0. The maximum atomic E-state index is 5.97. The van der Waals surface area contributed by atoms with E-state index in [0.717, 1.165) is 16.3 Å². The van der Waals surface area contributed by atoms with Gasteiger partial charge in [-0.25, -0.2) is 0 Å². The van der Waals surface area contributed by atoms with Crippen molar-refractivity contribution in [1.29, 1.82) is 0 Å². The molecule has 1 nitrogen and oxygen atoms in total. The molecule has 0 saturated carbocycles. The molecule has 0 spiro atoms. The molecule has 0 aromatic heterocycles. The zero-order valence-corrected chi connectivity index (χ0v) is 9.27. The smallest absolute Gasteiger partial charge is 0.125 e. The molecule has 72 valence electrons. The Bertz CT molecular complexity index is 305. The molecule has 0 unspecified atom stereocenters. The van der Waals surface area contributed by atoms with Crippen LogP contribution in [0.15, 0.2) is 12.1 Å². The first kappa shape index (κ1) is 10.4. The topological polar surface area (TPSA) is 9.23 Å². The van der Waals surface area contributed by atoms with Crippen LogP contribution in [0.2, 0.25) is 5.02 Å². The van der Waals surface area contributed by atoms with E-state index in [0.29, 0.717) is 5.92 Å². The number of ether oxygens (including phenoxy) is 1. The van der Waals surface area contributed by atoms with Gasteiger partial charge in [0.05, 0.1) is 7.11 Å². The molecule has 0 bridgehead atoms. The molecule has 0 heterocycles. The Hall–Kier alpha value is -0.690. The molecule has 0 aliphatic carbocycles. The highest BCUT2D eigenvalue weighted by molar-refractivity contribution is 6.30. The highest BCUT2D eigenvalue weighted by Crippen LogP contribution is 2.32. The van der Waals surface area contributed by atoms with Crippen LogP contribution in [-0.4, -0.2) is 7.11 Å². The highest BCUT2D eigenvalue weighted by atomic mass is 35.5. The lowest BCUT2D eigenvalue weighted by molar-refractivity contribution is 0.404. The number of methoxy groups -OCH3 is 1. The van der Waals surface area contributed by atoms with Crippen molar-refractivity contribution in [2.24, 2.45) is 0 Å². The summed E-state index contributed by atoms with van der Waals surface area (Å²) < 4.78 is 5.33. The summed E-state index contributed by atoms with van der Waals surface area (Å²) >= 11 is 5.97. The monoisotopic (exact) mass is 198 g/mol. The fourth-order valence-electron chi connectivity index (χ4n) is 1.46. The molecule has 0 aliphatic heterocycles. The summed E-state index contributed by atoms with van der Waals surface area (Å²) in [4.78, 5) is 0. The number of benzene rings is 1. The summed E-state index contributed by atoms with van der Waals surface area (Å²) in [6.45, 7) is 6.28. The van der Waals surface area contributed by atoms with Gasteiger partial charge in [0.1, 0.15) is 5.75 Å². The van der Waals surface area contributed by atoms with Gasteiger partial charge in [0.15, 0.2) is 0 Å². The minimum absolute atomic E-state index is 0.437. The van der Waals surface area contributed by atoms with Gasteiger partial charge in [-0.1, -0.05) is 25.4 Å². The van der Waals surface area contributed by atoms with Crippen molar-refractivity contribution in [3.8, 4) is 5.75 Å². The molecule has 0 aliphatic rings. The molecule has 1 aromatic rings. The van der Waals surface area contributed by atoms with Gasteiger partial charge in [-0.3, -0.25) is 0 Å². The van der Waals surface area contributed by atoms with E-state index in [1.54, 1.807) is 7.11 Å². The van der Waals surface area contributed by atoms with Crippen LogP contribution in [0, 0.1) is 6.92 Å². The standard InChI is InChI=1S/C11H15ClO/c1-7(2)10-6-9(12)5-8(3)11(10)13-4/h5-7H,1-4H3. The maximum absolute atomic E-state index is 5.97. The van der Waals surface area contributed by atoms with Crippen molar-refractivity contribution >= 4 is 11.6 Å². The lowest BCUT2D eigenvalue weighted by atomic mass is 9.99. The largest absolute Gasteiger partial charge is 0.496 e. The summed E-state index contributed by atoms with van der Waals surface area (Å²) in [5.74, 6) is 1.40. The summed E-state index contributed by atoms with van der Waals surface area (Å²) in [5, 5.41) is 0.780. The van der Waals surface area contributed by atoms with Crippen LogP contribution in [-0.2, 0) is 0 Å². The van der Waals surface area contributed by atoms with Crippen LogP contribution in [0.1, 0.15) is 30.9 Å². The number of rotatable bonds is 2. The molecule has 0 atom stereocenters. The lowest BCUT2D eigenvalue weighted by Gasteiger charge is -2.14. The van der Waals surface area contributed by atoms with Gasteiger partial charge in [0.2, 0.25) is 0 Å². The predicted octanol–water partition coefficient (Wildman–Crippen LogP) is 3.78. The fraction of sp³-hybridized carbons (Fsp3) is 0.455. The van der Waals surface area contributed by atoms with Crippen LogP contribution in [0.3, 0.4) is 0 Å². The molecular weight excluding hydrogens is 184 g/mol. The van der Waals surface area contributed by atoms with Crippen LogP contribution < -0.4 is 4.74 Å². The van der Waals surface area contributed by atoms with Crippen molar-refractivity contribution in [3.63, 3.8) is 0 Å². The van der Waals surface area contributed by atoms with E-state index in [1.165, 1.54) is 5.56 Å². The van der Waals surface area contributed by atoms with Crippen molar-refractivity contribution in [2.75, 3.05) is 7.11 Å². The first-order valence-corrected chi connectivity index (χ1v) is 4.78. The lowest BCUT2D eigenvalue weighted by Crippen LogP contribution is -1.96. The van der Waals surface area contributed by atoms with Gasteiger partial charge in [-0.05, 0) is 36.1 Å². The van der Waals surface area contributed by atoms with Crippen molar-refractivity contribution in [1.82, 2.24) is 0 Å². The van der Waals surface area contributed by atoms with Gasteiger partial charge in [-0.15, -0.1) is 0 Å². The van der Waals surface area contributed by atoms with E-state index in [1.807, 2.05) is 19.1 Å². The maximum Gasteiger partial charge on any atom is 0.125 e. The third-order valence-electron chi connectivity index (χ3n) is 2.09. The molecule has 13 heavy (non-hydrogen) atoms. The minimum Gasteiger partial charge on any atom is -0.496 e. The van der Waals surface area contributed by atoms with Gasteiger partial charge in [-0.2, -0.15) is 0 Å². The first-order valence-electron chi connectivity index (χ1n) is 4.40. The Balaban J connectivity index is 3.29. The van der Waals surface area contributed by atoms with Gasteiger partial charge in [0, 0.05) is 5.02 Å². The number of aryl methyl sites for hydroxylation is 1. The summed E-state index contributed by atoms with van der Waals surface area (Å²) in [6, 6.07) is 3.89. The van der Waals surface area contributed by atoms with E-state index in [4.69, 9.17) is 16.3 Å². The minimum atomic E-state index is 0.437. The van der Waals surface area contributed by atoms with E-state index in [-0.39, 0.29) is 0 Å². The SMILES string of the molecule is COc1c(C)cc(Cl)cc1C(C)C.